The van der Waals surface area contributed by atoms with Crippen molar-refractivity contribution in [3.63, 3.8) is 0 Å². The zero-order chi connectivity index (χ0) is 37.8. The van der Waals surface area contributed by atoms with Gasteiger partial charge < -0.3 is 29.6 Å². The second kappa shape index (κ2) is 15.5. The molecular formula is C36H29F2N9O6S. The van der Waals surface area contributed by atoms with Gasteiger partial charge in [0.15, 0.2) is 46.3 Å². The van der Waals surface area contributed by atoms with Crippen molar-refractivity contribution in [3.8, 4) is 45.5 Å². The maximum atomic E-state index is 13.7. The van der Waals surface area contributed by atoms with Gasteiger partial charge in [0.2, 0.25) is 0 Å². The molecule has 0 fully saturated rings. The van der Waals surface area contributed by atoms with Crippen LogP contribution in [0.3, 0.4) is 0 Å². The van der Waals surface area contributed by atoms with Gasteiger partial charge in [-0.3, -0.25) is 24.5 Å². The highest BCUT2D eigenvalue weighted by Gasteiger charge is 2.20. The molecule has 18 heteroatoms. The van der Waals surface area contributed by atoms with Crippen molar-refractivity contribution < 1.29 is 37.3 Å². The SMILES string of the molecule is Cc1cc2c(cc1-c1cnc(NC(=O)c3c(F)cncc3F)cn1)OCCO2.Cc1cc2c(cc1-c1cnc(NC(=O)c3snnc3C)cn1)OCCO2. The van der Waals surface area contributed by atoms with E-state index in [0.29, 0.717) is 71.5 Å². The molecule has 0 spiro atoms. The molecule has 2 aliphatic rings. The van der Waals surface area contributed by atoms with Crippen molar-refractivity contribution in [2.45, 2.75) is 20.8 Å². The number of aromatic nitrogens is 7. The summed E-state index contributed by atoms with van der Waals surface area (Å²) in [7, 11) is 0. The van der Waals surface area contributed by atoms with E-state index in [-0.39, 0.29) is 11.7 Å². The number of nitrogens with one attached hydrogen (secondary N) is 2. The fourth-order valence-electron chi connectivity index (χ4n) is 5.42. The maximum absolute atomic E-state index is 13.7. The van der Waals surface area contributed by atoms with Crippen LogP contribution in [0.15, 0.2) is 61.4 Å². The summed E-state index contributed by atoms with van der Waals surface area (Å²) in [6.07, 6.45) is 7.42. The van der Waals surface area contributed by atoms with Crippen molar-refractivity contribution in [1.29, 1.82) is 0 Å². The zero-order valence-corrected chi connectivity index (χ0v) is 29.7. The average molecular weight is 754 g/mol. The van der Waals surface area contributed by atoms with E-state index in [1.165, 1.54) is 18.6 Å². The van der Waals surface area contributed by atoms with Gasteiger partial charge in [0, 0.05) is 11.1 Å². The van der Waals surface area contributed by atoms with Crippen molar-refractivity contribution in [3.05, 3.63) is 100 Å². The number of carbonyl (C=O) groups excluding carboxylic acids is 2. The number of halogens is 2. The van der Waals surface area contributed by atoms with Crippen LogP contribution < -0.4 is 29.6 Å². The summed E-state index contributed by atoms with van der Waals surface area (Å²) in [5.74, 6) is -0.248. The number of carbonyl (C=O) groups is 2. The van der Waals surface area contributed by atoms with E-state index in [0.717, 1.165) is 51.9 Å². The number of ether oxygens (including phenoxy) is 4. The number of nitrogens with zero attached hydrogens (tertiary/aromatic N) is 7. The van der Waals surface area contributed by atoms with E-state index >= 15 is 0 Å². The summed E-state index contributed by atoms with van der Waals surface area (Å²) in [5, 5.41) is 8.85. The highest BCUT2D eigenvalue weighted by molar-refractivity contribution is 7.08. The number of rotatable bonds is 6. The van der Waals surface area contributed by atoms with Gasteiger partial charge >= 0.3 is 0 Å². The molecule has 0 saturated carbocycles. The van der Waals surface area contributed by atoms with Gasteiger partial charge in [-0.2, -0.15) is 0 Å². The lowest BCUT2D eigenvalue weighted by molar-refractivity contribution is 0.101. The highest BCUT2D eigenvalue weighted by atomic mass is 32.1. The van der Waals surface area contributed by atoms with Crippen molar-refractivity contribution in [2.24, 2.45) is 0 Å². The Morgan fingerprint density at radius 1 is 0.630 bits per heavy atom. The Labute approximate surface area is 309 Å². The van der Waals surface area contributed by atoms with Crippen LogP contribution in [0.4, 0.5) is 20.4 Å². The lowest BCUT2D eigenvalue weighted by Gasteiger charge is -2.20. The average Bonchev–Trinajstić information content (AvgIpc) is 3.61. The normalized spacial score (nSPS) is 12.6. The molecule has 6 heterocycles. The van der Waals surface area contributed by atoms with Gasteiger partial charge in [-0.25, -0.2) is 18.7 Å². The minimum atomic E-state index is -1.06. The Balaban J connectivity index is 0.000000167. The minimum absolute atomic E-state index is 0.0551. The highest BCUT2D eigenvalue weighted by Crippen LogP contribution is 2.38. The summed E-state index contributed by atoms with van der Waals surface area (Å²) in [4.78, 5) is 45.2. The van der Waals surface area contributed by atoms with E-state index in [1.807, 2.05) is 38.1 Å². The van der Waals surface area contributed by atoms with Crippen LogP contribution in [0.2, 0.25) is 0 Å². The molecule has 0 unspecified atom stereocenters. The number of fused-ring (bicyclic) bond motifs is 2. The fourth-order valence-corrected chi connectivity index (χ4v) is 5.97. The van der Waals surface area contributed by atoms with E-state index in [9.17, 15) is 18.4 Å². The van der Waals surface area contributed by atoms with Crippen LogP contribution in [0.5, 0.6) is 23.0 Å². The number of anilines is 2. The third kappa shape index (κ3) is 7.73. The van der Waals surface area contributed by atoms with Gasteiger partial charge in [0.05, 0.1) is 54.3 Å². The van der Waals surface area contributed by atoms with Crippen LogP contribution in [0.1, 0.15) is 36.9 Å². The molecule has 4 aromatic heterocycles. The zero-order valence-electron chi connectivity index (χ0n) is 28.8. The first-order valence-electron chi connectivity index (χ1n) is 16.3. The number of pyridine rings is 1. The number of amides is 2. The quantitative estimate of drug-likeness (QED) is 0.209. The molecule has 6 aromatic rings. The maximum Gasteiger partial charge on any atom is 0.270 e. The molecule has 15 nitrogen and oxygen atoms in total. The Kier molecular flexibility index (Phi) is 10.2. The lowest BCUT2D eigenvalue weighted by Crippen LogP contribution is -2.17. The Bertz CT molecular complexity index is 2340. The smallest absolute Gasteiger partial charge is 0.270 e. The van der Waals surface area contributed by atoms with E-state index in [4.69, 9.17) is 18.9 Å². The minimum Gasteiger partial charge on any atom is -0.486 e. The molecule has 0 aliphatic carbocycles. The Morgan fingerprint density at radius 2 is 1.09 bits per heavy atom. The topological polar surface area (TPSA) is 185 Å². The number of hydrogen-bond donors (Lipinski definition) is 2. The van der Waals surface area contributed by atoms with Crippen LogP contribution in [-0.2, 0) is 0 Å². The largest absolute Gasteiger partial charge is 0.486 e. The first-order valence-corrected chi connectivity index (χ1v) is 17.1. The molecule has 0 saturated heterocycles. The molecule has 8 rings (SSSR count). The van der Waals surface area contributed by atoms with Crippen LogP contribution in [-0.4, -0.2) is 72.7 Å². The summed E-state index contributed by atoms with van der Waals surface area (Å²) >= 11 is 1.04. The predicted molar refractivity (Wildman–Crippen MR) is 191 cm³/mol. The van der Waals surface area contributed by atoms with Crippen LogP contribution in [0.25, 0.3) is 22.5 Å². The first-order chi connectivity index (χ1) is 26.1. The molecule has 0 radical (unpaired) electrons. The van der Waals surface area contributed by atoms with Gasteiger partial charge in [-0.1, -0.05) is 4.49 Å². The summed E-state index contributed by atoms with van der Waals surface area (Å²) in [6, 6.07) is 7.50. The molecule has 54 heavy (non-hydrogen) atoms. The van der Waals surface area contributed by atoms with E-state index < -0.39 is 23.1 Å². The van der Waals surface area contributed by atoms with Gasteiger partial charge in [-0.05, 0) is 67.7 Å². The molecule has 2 amide bonds. The molecule has 0 atom stereocenters. The van der Waals surface area contributed by atoms with Crippen molar-refractivity contribution in [2.75, 3.05) is 37.1 Å². The number of hydrogen-bond acceptors (Lipinski definition) is 14. The van der Waals surface area contributed by atoms with Crippen molar-refractivity contribution in [1.82, 2.24) is 34.5 Å². The second-order valence-electron chi connectivity index (χ2n) is 11.8. The van der Waals surface area contributed by atoms with Gasteiger partial charge in [0.1, 0.15) is 36.9 Å². The second-order valence-corrected chi connectivity index (χ2v) is 12.5. The molecule has 2 N–H and O–H groups in total. The monoisotopic (exact) mass is 753 g/mol. The summed E-state index contributed by atoms with van der Waals surface area (Å²) < 4.78 is 53.4. The lowest BCUT2D eigenvalue weighted by atomic mass is 10.0. The molecular weight excluding hydrogens is 725 g/mol. The Hall–Kier alpha value is -6.69. The predicted octanol–water partition coefficient (Wildman–Crippen LogP) is 5.78. The standard InChI is InChI=1S/C19H14F2N4O3.C17H15N5O3S/c1-10-4-15-16(28-3-2-27-15)5-11(10)14-8-24-17(9-23-14)25-19(26)18-12(20)6-22-7-13(18)21;1-9-5-13-14(25-4-3-24-13)6-11(9)12-7-19-15(8-18-12)20-17(23)16-10(2)21-22-26-16/h4-9H,2-3H2,1H3,(H,24,25,26);5-8H,3-4H2,1-2H3,(H,19,20,23). The van der Waals surface area contributed by atoms with Crippen molar-refractivity contribution >= 4 is 35.0 Å². The molecule has 2 aliphatic heterocycles. The van der Waals surface area contributed by atoms with Gasteiger partial charge in [-0.15, -0.1) is 5.10 Å². The molecule has 0 bridgehead atoms. The molecule has 274 valence electrons. The third-order valence-corrected chi connectivity index (χ3v) is 8.88. The van der Waals surface area contributed by atoms with Crippen LogP contribution in [0, 0.1) is 32.4 Å². The first kappa shape index (κ1) is 35.7. The number of aryl methyl sites for hydroxylation is 3. The van der Waals surface area contributed by atoms with E-state index in [1.54, 1.807) is 13.1 Å². The fraction of sp³-hybridized carbons (Fsp3) is 0.194. The number of benzene rings is 2. The van der Waals surface area contributed by atoms with Crippen LogP contribution >= 0.6 is 11.5 Å². The summed E-state index contributed by atoms with van der Waals surface area (Å²) in [5.41, 5.74) is 4.71. The molecule has 2 aromatic carbocycles. The Morgan fingerprint density at radius 3 is 1.52 bits per heavy atom. The third-order valence-electron chi connectivity index (χ3n) is 8.06. The van der Waals surface area contributed by atoms with Gasteiger partial charge in [0.25, 0.3) is 11.8 Å². The summed E-state index contributed by atoms with van der Waals surface area (Å²) in [6.45, 7) is 7.65. The van der Waals surface area contributed by atoms with E-state index in [2.05, 4.69) is 45.1 Å².